The Morgan fingerprint density at radius 3 is 1.38 bits per heavy atom. The van der Waals surface area contributed by atoms with Gasteiger partial charge in [-0.2, -0.15) is 0 Å². The van der Waals surface area contributed by atoms with Crippen molar-refractivity contribution in [1.29, 1.82) is 0 Å². The summed E-state index contributed by atoms with van der Waals surface area (Å²) in [5, 5.41) is 0. The van der Waals surface area contributed by atoms with Crippen molar-refractivity contribution < 1.29 is 18.2 Å². The molecule has 0 amide bonds. The summed E-state index contributed by atoms with van der Waals surface area (Å²) >= 11 is -4.36. The van der Waals surface area contributed by atoms with Crippen molar-refractivity contribution in [2.45, 2.75) is 41.4 Å². The quantitative estimate of drug-likeness (QED) is 0.692. The predicted octanol–water partition coefficient (Wildman–Crippen LogP) is 4.14. The molecule has 1 rings (SSSR count). The average Bonchev–Trinajstić information content (AvgIpc) is 2.83. The zero-order valence-corrected chi connectivity index (χ0v) is 18.4. The van der Waals surface area contributed by atoms with Crippen LogP contribution in [0.25, 0.3) is 0 Å². The van der Waals surface area contributed by atoms with Crippen LogP contribution in [0.4, 0.5) is 0 Å². The summed E-state index contributed by atoms with van der Waals surface area (Å²) in [5.41, 5.74) is 0. The average molecular weight is 375 g/mol. The topological polar surface area (TPSA) is 9.72 Å². The molecule has 21 heavy (non-hydrogen) atoms. The summed E-state index contributed by atoms with van der Waals surface area (Å²) in [6.07, 6.45) is 8.08. The molecule has 0 bridgehead atoms. The van der Waals surface area contributed by atoms with Gasteiger partial charge in [-0.25, -0.2) is 0 Å². The van der Waals surface area contributed by atoms with Gasteiger partial charge in [0.05, 0.1) is 0 Å². The molecular formula is C17H37N3Zr. The van der Waals surface area contributed by atoms with Crippen molar-refractivity contribution in [2.75, 3.05) is 42.3 Å². The molecule has 0 unspecified atom stereocenters. The number of hydrogen-bond acceptors (Lipinski definition) is 3. The zero-order valence-electron chi connectivity index (χ0n) is 15.9. The third-order valence-electron chi connectivity index (χ3n) is 7.79. The Morgan fingerprint density at radius 1 is 0.810 bits per heavy atom. The summed E-state index contributed by atoms with van der Waals surface area (Å²) in [7, 11) is 13.9. The molecule has 0 spiro atoms. The van der Waals surface area contributed by atoms with Gasteiger partial charge < -0.3 is 0 Å². The summed E-state index contributed by atoms with van der Waals surface area (Å²) in [4.78, 5) is 0. The first-order valence-electron chi connectivity index (χ1n) is 8.21. The van der Waals surface area contributed by atoms with Crippen molar-refractivity contribution >= 4 is 0 Å². The number of hydrogen-bond donors (Lipinski definition) is 0. The van der Waals surface area contributed by atoms with Gasteiger partial charge in [-0.05, 0) is 0 Å². The minimum absolute atomic E-state index is 0.567. The molecule has 124 valence electrons. The van der Waals surface area contributed by atoms with Crippen LogP contribution >= 0.6 is 0 Å². The fourth-order valence-electron chi connectivity index (χ4n) is 7.48. The van der Waals surface area contributed by atoms with Gasteiger partial charge in [-0.3, -0.25) is 0 Å². The third kappa shape index (κ3) is 1.49. The van der Waals surface area contributed by atoms with Crippen LogP contribution in [0, 0.1) is 0 Å². The Balaban J connectivity index is 4.18. The second kappa shape index (κ2) is 5.40. The molecule has 0 saturated carbocycles. The maximum absolute atomic E-state index is 4.36. The van der Waals surface area contributed by atoms with E-state index >= 15 is 0 Å². The summed E-state index contributed by atoms with van der Waals surface area (Å²) in [6, 6.07) is 0. The fraction of sp³-hybridized carbons (Fsp3) is 0.765. The zero-order chi connectivity index (χ0) is 16.7. The van der Waals surface area contributed by atoms with E-state index in [4.69, 9.17) is 0 Å². The van der Waals surface area contributed by atoms with E-state index < -0.39 is 18.2 Å². The standard InChI is InChI=1S/C5H5.2C3H7.3C2H6N.Zr/c1-2-4-5-3-1;5*1-3-2;/h1-3H,4H2;2*3H,1-2H3;3*1-2H3;/q;;;3*-1;+3. The fourth-order valence-corrected chi connectivity index (χ4v) is 42.6. The second-order valence-corrected chi connectivity index (χ2v) is 31.2. The first kappa shape index (κ1) is 19.3. The molecule has 0 aromatic carbocycles. The molecular weight excluding hydrogens is 337 g/mol. The Labute approximate surface area is 131 Å². The van der Waals surface area contributed by atoms with Gasteiger partial charge in [0.2, 0.25) is 0 Å². The first-order chi connectivity index (χ1) is 9.50. The number of rotatable bonds is 6. The van der Waals surface area contributed by atoms with E-state index in [1.807, 2.05) is 0 Å². The van der Waals surface area contributed by atoms with E-state index in [9.17, 15) is 0 Å². The van der Waals surface area contributed by atoms with E-state index in [-0.39, 0.29) is 0 Å². The van der Waals surface area contributed by atoms with Crippen LogP contribution in [0.15, 0.2) is 21.5 Å². The van der Waals surface area contributed by atoms with E-state index in [0.29, 0.717) is 7.25 Å². The van der Waals surface area contributed by atoms with Gasteiger partial charge in [0.1, 0.15) is 0 Å². The van der Waals surface area contributed by atoms with Gasteiger partial charge in [0.25, 0.3) is 0 Å². The molecule has 0 heterocycles. The Morgan fingerprint density at radius 2 is 1.19 bits per heavy atom. The summed E-state index contributed by atoms with van der Waals surface area (Å²) in [6.45, 7) is 9.76. The van der Waals surface area contributed by atoms with Crippen molar-refractivity contribution in [3.05, 3.63) is 21.5 Å². The number of allylic oxidation sites excluding steroid dienone is 4. The molecule has 0 fully saturated rings. The second-order valence-electron chi connectivity index (χ2n) is 8.18. The third-order valence-corrected chi connectivity index (χ3v) is 43.2. The SMILES string of the molecule is C[CH](C)[Zr]([C]1=CC=CC1)([CH](C)C)([N](C)C)([N](C)C)[N](C)C. The molecule has 0 aromatic rings. The molecule has 4 heteroatoms. The van der Waals surface area contributed by atoms with Crippen LogP contribution in [0.2, 0.25) is 7.25 Å². The molecule has 0 aliphatic heterocycles. The van der Waals surface area contributed by atoms with Gasteiger partial charge in [0, 0.05) is 0 Å². The van der Waals surface area contributed by atoms with Crippen LogP contribution in [0.5, 0.6) is 0 Å². The van der Waals surface area contributed by atoms with E-state index in [1.54, 1.807) is 3.28 Å². The van der Waals surface area contributed by atoms with Gasteiger partial charge in [-0.1, -0.05) is 0 Å². The van der Waals surface area contributed by atoms with E-state index in [0.717, 1.165) is 6.42 Å². The molecule has 1 aliphatic carbocycles. The molecule has 0 N–H and O–H groups in total. The van der Waals surface area contributed by atoms with Crippen molar-refractivity contribution in [1.82, 2.24) is 8.53 Å². The van der Waals surface area contributed by atoms with Gasteiger partial charge in [0.15, 0.2) is 0 Å². The van der Waals surface area contributed by atoms with Crippen molar-refractivity contribution in [2.24, 2.45) is 0 Å². The monoisotopic (exact) mass is 373 g/mol. The predicted molar refractivity (Wildman–Crippen MR) is 93.1 cm³/mol. The molecule has 3 nitrogen and oxygen atoms in total. The van der Waals surface area contributed by atoms with Crippen LogP contribution in [-0.4, -0.2) is 50.8 Å². The summed E-state index contributed by atoms with van der Waals surface area (Å²) < 4.78 is 10.7. The maximum atomic E-state index is 2.65. The normalized spacial score (nSPS) is 19.9. The van der Waals surface area contributed by atoms with E-state index in [2.05, 4.69) is 96.7 Å². The Bertz CT molecular complexity index is 399. The summed E-state index contributed by atoms with van der Waals surface area (Å²) in [5.74, 6) is 0. The first-order valence-corrected chi connectivity index (χ1v) is 15.6. The molecule has 1 aliphatic rings. The van der Waals surface area contributed by atoms with Gasteiger partial charge >= 0.3 is 132 Å². The van der Waals surface area contributed by atoms with Crippen molar-refractivity contribution in [3.8, 4) is 0 Å². The Hall–Kier alpha value is 0.243. The number of nitrogens with zero attached hydrogens (tertiary/aromatic N) is 3. The van der Waals surface area contributed by atoms with Crippen LogP contribution in [-0.2, 0) is 18.2 Å². The van der Waals surface area contributed by atoms with Crippen LogP contribution in [0.1, 0.15) is 34.1 Å². The van der Waals surface area contributed by atoms with Crippen LogP contribution < -0.4 is 0 Å². The van der Waals surface area contributed by atoms with Crippen LogP contribution in [0.3, 0.4) is 0 Å². The molecule has 0 saturated heterocycles. The van der Waals surface area contributed by atoms with Gasteiger partial charge in [-0.15, -0.1) is 0 Å². The molecule has 0 atom stereocenters. The Kier molecular flexibility index (Phi) is 4.96. The molecule has 0 aromatic heterocycles. The van der Waals surface area contributed by atoms with Crippen molar-refractivity contribution in [3.63, 3.8) is 0 Å². The molecule has 0 radical (unpaired) electrons. The van der Waals surface area contributed by atoms with E-state index in [1.165, 1.54) is 0 Å². The minimum atomic E-state index is -4.36.